The Hall–Kier alpha value is -2.35. The average Bonchev–Trinajstić information content (AvgIpc) is 2.80. The van der Waals surface area contributed by atoms with Crippen molar-refractivity contribution >= 4 is 16.7 Å². The summed E-state index contributed by atoms with van der Waals surface area (Å²) in [5.41, 5.74) is 1.46. The molecule has 4 nitrogen and oxygen atoms in total. The number of alkyl halides is 3. The third-order valence-electron chi connectivity index (χ3n) is 6.37. The minimum absolute atomic E-state index is 0.00876. The molecular weight excluding hydrogens is 463 g/mol. The Labute approximate surface area is 201 Å². The van der Waals surface area contributed by atoms with Gasteiger partial charge in [-0.15, -0.1) is 0 Å². The molecule has 0 saturated heterocycles. The van der Waals surface area contributed by atoms with Gasteiger partial charge >= 0.3 is 6.18 Å². The van der Waals surface area contributed by atoms with E-state index in [9.17, 15) is 22.2 Å². The number of carbonyl (C=O) groups excluding carboxylic acids is 1. The summed E-state index contributed by atoms with van der Waals surface area (Å²) >= 11 is 0. The zero-order valence-electron chi connectivity index (χ0n) is 19.9. The minimum Gasteiger partial charge on any atom is -0.457 e. The third-order valence-corrected chi connectivity index (χ3v) is 7.14. The topological polar surface area (TPSA) is 46.6 Å². The molecule has 0 aromatic heterocycles. The van der Waals surface area contributed by atoms with Crippen molar-refractivity contribution in [2.75, 3.05) is 18.6 Å². The second-order valence-electron chi connectivity index (χ2n) is 8.75. The van der Waals surface area contributed by atoms with Gasteiger partial charge in [-0.3, -0.25) is 9.00 Å². The molecule has 2 aromatic carbocycles. The maximum atomic E-state index is 13.1. The van der Waals surface area contributed by atoms with Crippen molar-refractivity contribution in [3.63, 3.8) is 0 Å². The Bertz CT molecular complexity index is 1010. The van der Waals surface area contributed by atoms with E-state index < -0.39 is 22.5 Å². The molecule has 0 N–H and O–H groups in total. The molecule has 0 bridgehead atoms. The molecule has 0 aliphatic carbocycles. The number of ether oxygens (including phenoxy) is 1. The van der Waals surface area contributed by atoms with Crippen LogP contribution in [0, 0.1) is 5.92 Å². The van der Waals surface area contributed by atoms with Gasteiger partial charge in [-0.05, 0) is 66.3 Å². The summed E-state index contributed by atoms with van der Waals surface area (Å²) in [4.78, 5) is 15.0. The molecule has 186 valence electrons. The number of carbonyl (C=O) groups is 1. The first kappa shape index (κ1) is 26.3. The van der Waals surface area contributed by atoms with Gasteiger partial charge in [-0.2, -0.15) is 13.2 Å². The second-order valence-corrected chi connectivity index (χ2v) is 10.3. The fourth-order valence-electron chi connectivity index (χ4n) is 4.65. The van der Waals surface area contributed by atoms with Crippen molar-refractivity contribution in [1.82, 2.24) is 4.90 Å². The number of nitrogens with zero attached hydrogens (tertiary/aromatic N) is 1. The van der Waals surface area contributed by atoms with Crippen LogP contribution in [0.5, 0.6) is 11.5 Å². The molecule has 3 unspecified atom stereocenters. The lowest BCUT2D eigenvalue weighted by atomic mass is 9.81. The largest absolute Gasteiger partial charge is 0.457 e. The van der Waals surface area contributed by atoms with Gasteiger partial charge < -0.3 is 9.64 Å². The van der Waals surface area contributed by atoms with E-state index in [1.54, 1.807) is 6.26 Å². The molecule has 8 heteroatoms. The Balaban J connectivity index is 1.91. The molecule has 1 amide bonds. The van der Waals surface area contributed by atoms with E-state index >= 15 is 0 Å². The van der Waals surface area contributed by atoms with Crippen LogP contribution in [0.15, 0.2) is 42.5 Å². The van der Waals surface area contributed by atoms with Gasteiger partial charge in [0.15, 0.2) is 0 Å². The fraction of sp³-hybridized carbons (Fsp3) is 0.500. The first-order valence-electron chi connectivity index (χ1n) is 11.7. The molecule has 1 aliphatic rings. The average molecular weight is 496 g/mol. The van der Waals surface area contributed by atoms with Crippen LogP contribution in [0.25, 0.3) is 0 Å². The maximum Gasteiger partial charge on any atom is 0.416 e. The highest BCUT2D eigenvalue weighted by Gasteiger charge is 2.35. The van der Waals surface area contributed by atoms with E-state index in [1.165, 1.54) is 12.1 Å². The van der Waals surface area contributed by atoms with Gasteiger partial charge in [0, 0.05) is 35.8 Å². The van der Waals surface area contributed by atoms with Crippen molar-refractivity contribution in [2.24, 2.45) is 5.92 Å². The van der Waals surface area contributed by atoms with Crippen molar-refractivity contribution < 1.29 is 26.9 Å². The first-order valence-corrected chi connectivity index (χ1v) is 13.4. The van der Waals surface area contributed by atoms with Crippen molar-refractivity contribution in [2.45, 2.75) is 58.2 Å². The number of rotatable bonds is 9. The highest BCUT2D eigenvalue weighted by Crippen LogP contribution is 2.41. The van der Waals surface area contributed by atoms with Crippen LogP contribution in [0.3, 0.4) is 0 Å². The van der Waals surface area contributed by atoms with Crippen molar-refractivity contribution in [3.8, 4) is 11.5 Å². The molecular formula is C26H32F3NO3S. The SMILES string of the molecule is CCCC(CC)C1c2cc(Oc3ccc(C(F)(F)F)cc3)ccc2CCN1C(=O)CCS(C)=O. The monoisotopic (exact) mass is 495 g/mol. The predicted octanol–water partition coefficient (Wildman–Crippen LogP) is 6.52. The standard InChI is InChI=1S/C26H32F3NO3S/c1-4-6-18(5-2)25-23-17-22(33-21-11-8-20(9-12-21)26(27,28)29)10-7-19(23)13-15-30(25)24(31)14-16-34(3)32/h7-12,17-18,25H,4-6,13-16H2,1-3H3. The highest BCUT2D eigenvalue weighted by atomic mass is 32.2. The molecule has 2 aromatic rings. The van der Waals surface area contributed by atoms with Gasteiger partial charge in [-0.1, -0.05) is 32.8 Å². The normalized spacial score (nSPS) is 17.7. The minimum atomic E-state index is -4.40. The number of halogens is 3. The molecule has 0 spiro atoms. The number of amides is 1. The van der Waals surface area contributed by atoms with Gasteiger partial charge in [0.25, 0.3) is 0 Å². The van der Waals surface area contributed by atoms with Crippen LogP contribution < -0.4 is 4.74 Å². The van der Waals surface area contributed by atoms with Gasteiger partial charge in [-0.25, -0.2) is 0 Å². The lowest BCUT2D eigenvalue weighted by Gasteiger charge is -2.42. The van der Waals surface area contributed by atoms with Crippen molar-refractivity contribution in [3.05, 3.63) is 59.2 Å². The molecule has 34 heavy (non-hydrogen) atoms. The summed E-state index contributed by atoms with van der Waals surface area (Å²) in [6.07, 6.45) is 1.04. The smallest absolute Gasteiger partial charge is 0.416 e. The maximum absolute atomic E-state index is 13.1. The predicted molar refractivity (Wildman–Crippen MR) is 128 cm³/mol. The van der Waals surface area contributed by atoms with Gasteiger partial charge in [0.1, 0.15) is 11.5 Å². The van der Waals surface area contributed by atoms with Gasteiger partial charge in [0.05, 0.1) is 11.6 Å². The molecule has 0 saturated carbocycles. The number of benzene rings is 2. The first-order chi connectivity index (χ1) is 16.1. The van der Waals surface area contributed by atoms with Crippen LogP contribution in [0.4, 0.5) is 13.2 Å². The van der Waals surface area contributed by atoms with E-state index in [-0.39, 0.29) is 24.3 Å². The fourth-order valence-corrected chi connectivity index (χ4v) is 5.12. The molecule has 0 radical (unpaired) electrons. The van der Waals surface area contributed by atoms with E-state index in [0.717, 1.165) is 48.9 Å². The zero-order chi connectivity index (χ0) is 24.9. The van der Waals surface area contributed by atoms with E-state index in [0.29, 0.717) is 23.8 Å². The second kappa shape index (κ2) is 11.4. The van der Waals surface area contributed by atoms with Crippen LogP contribution >= 0.6 is 0 Å². The third kappa shape index (κ3) is 6.40. The zero-order valence-corrected chi connectivity index (χ0v) is 20.7. The highest BCUT2D eigenvalue weighted by molar-refractivity contribution is 7.84. The van der Waals surface area contributed by atoms with Crippen LogP contribution in [-0.4, -0.2) is 33.6 Å². The number of fused-ring (bicyclic) bond motifs is 1. The summed E-state index contributed by atoms with van der Waals surface area (Å²) in [5, 5.41) is 0. The van der Waals surface area contributed by atoms with Crippen LogP contribution in [0.2, 0.25) is 0 Å². The summed E-state index contributed by atoms with van der Waals surface area (Å²) in [6.45, 7) is 4.87. The van der Waals surface area contributed by atoms with Gasteiger partial charge in [0.2, 0.25) is 5.91 Å². The van der Waals surface area contributed by atoms with Crippen molar-refractivity contribution in [1.29, 1.82) is 0 Å². The molecule has 3 atom stereocenters. The van der Waals surface area contributed by atoms with Crippen LogP contribution in [-0.2, 0) is 28.2 Å². The Morgan fingerprint density at radius 1 is 1.15 bits per heavy atom. The van der Waals surface area contributed by atoms with E-state index in [2.05, 4.69) is 13.8 Å². The quantitative estimate of drug-likeness (QED) is 0.398. The van der Waals surface area contributed by atoms with E-state index in [1.807, 2.05) is 23.1 Å². The number of hydrogen-bond donors (Lipinski definition) is 0. The Morgan fingerprint density at radius 2 is 1.82 bits per heavy atom. The molecule has 1 heterocycles. The van der Waals surface area contributed by atoms with Crippen LogP contribution in [0.1, 0.15) is 62.3 Å². The molecule has 3 rings (SSSR count). The Kier molecular flexibility index (Phi) is 8.79. The lowest BCUT2D eigenvalue weighted by Crippen LogP contribution is -2.43. The summed E-state index contributed by atoms with van der Waals surface area (Å²) in [5.74, 6) is 1.46. The molecule has 0 fully saturated rings. The Morgan fingerprint density at radius 3 is 2.41 bits per heavy atom. The van der Waals surface area contributed by atoms with E-state index in [4.69, 9.17) is 4.74 Å². The summed E-state index contributed by atoms with van der Waals surface area (Å²) in [6, 6.07) is 10.3. The number of hydrogen-bond acceptors (Lipinski definition) is 3. The summed E-state index contributed by atoms with van der Waals surface area (Å²) < 4.78 is 56.0. The summed E-state index contributed by atoms with van der Waals surface area (Å²) in [7, 11) is -1.03. The molecule has 1 aliphatic heterocycles. The lowest BCUT2D eigenvalue weighted by molar-refractivity contribution is -0.137.